The average Bonchev–Trinajstić information content (AvgIpc) is 3.18. The summed E-state index contributed by atoms with van der Waals surface area (Å²) in [6.07, 6.45) is 5.94. The molecule has 0 saturated carbocycles. The van der Waals surface area contributed by atoms with E-state index in [4.69, 9.17) is 9.73 Å². The van der Waals surface area contributed by atoms with Crippen LogP contribution in [0.1, 0.15) is 50.8 Å². The van der Waals surface area contributed by atoms with E-state index in [1.165, 1.54) is 30.7 Å². The molecule has 1 fully saturated rings. The highest BCUT2D eigenvalue weighted by Crippen LogP contribution is 2.20. The molecular weight excluding hydrogens is 356 g/mol. The zero-order valence-electron chi connectivity index (χ0n) is 17.2. The molecule has 0 bridgehead atoms. The highest BCUT2D eigenvalue weighted by Gasteiger charge is 2.20. The first kappa shape index (κ1) is 22.2. The molecule has 2 heterocycles. The van der Waals surface area contributed by atoms with Crippen LogP contribution in [0.3, 0.4) is 0 Å². The van der Waals surface area contributed by atoms with E-state index >= 15 is 0 Å². The lowest BCUT2D eigenvalue weighted by Crippen LogP contribution is -2.40. The van der Waals surface area contributed by atoms with Gasteiger partial charge in [-0.05, 0) is 56.5 Å². The van der Waals surface area contributed by atoms with Gasteiger partial charge in [-0.15, -0.1) is 11.3 Å². The molecule has 154 valence electrons. The van der Waals surface area contributed by atoms with Crippen LogP contribution < -0.4 is 10.6 Å². The molecule has 1 unspecified atom stereocenters. The quantitative estimate of drug-likeness (QED) is 0.322. The first-order valence-electron chi connectivity index (χ1n) is 10.7. The number of thiophene rings is 1. The maximum Gasteiger partial charge on any atom is 0.191 e. The third kappa shape index (κ3) is 9.58. The number of aliphatic imine (C=N–C) groups is 1. The Labute approximate surface area is 169 Å². The van der Waals surface area contributed by atoms with Gasteiger partial charge in [-0.1, -0.05) is 19.4 Å². The van der Waals surface area contributed by atoms with Gasteiger partial charge in [0.05, 0.1) is 0 Å². The largest absolute Gasteiger partial charge is 0.381 e. The SMILES string of the molecule is CCCCOCCCNC(=NCC1CCCN(Cc2cccs2)C1)NCC. The molecule has 1 atom stereocenters. The maximum absolute atomic E-state index is 5.62. The Morgan fingerprint density at radius 1 is 1.30 bits per heavy atom. The Balaban J connectivity index is 1.67. The number of hydrogen-bond acceptors (Lipinski definition) is 4. The average molecular weight is 395 g/mol. The van der Waals surface area contributed by atoms with Gasteiger partial charge in [0.2, 0.25) is 0 Å². The smallest absolute Gasteiger partial charge is 0.191 e. The molecular formula is C21H38N4OS. The minimum atomic E-state index is 0.659. The van der Waals surface area contributed by atoms with Crippen LogP contribution in [-0.4, -0.2) is 56.8 Å². The number of nitrogens with one attached hydrogen (secondary N) is 2. The van der Waals surface area contributed by atoms with Crippen molar-refractivity contribution >= 4 is 17.3 Å². The molecule has 1 aliphatic rings. The van der Waals surface area contributed by atoms with Crippen molar-refractivity contribution in [1.29, 1.82) is 0 Å². The van der Waals surface area contributed by atoms with Crippen LogP contribution >= 0.6 is 11.3 Å². The molecule has 2 N–H and O–H groups in total. The highest BCUT2D eigenvalue weighted by molar-refractivity contribution is 7.09. The highest BCUT2D eigenvalue weighted by atomic mass is 32.1. The van der Waals surface area contributed by atoms with Gasteiger partial charge in [0, 0.05) is 50.8 Å². The van der Waals surface area contributed by atoms with Crippen molar-refractivity contribution in [3.05, 3.63) is 22.4 Å². The summed E-state index contributed by atoms with van der Waals surface area (Å²) in [5.41, 5.74) is 0. The zero-order valence-corrected chi connectivity index (χ0v) is 18.0. The first-order chi connectivity index (χ1) is 13.3. The predicted molar refractivity (Wildman–Crippen MR) is 117 cm³/mol. The van der Waals surface area contributed by atoms with Crippen molar-refractivity contribution in [3.63, 3.8) is 0 Å². The second-order valence-electron chi connectivity index (χ2n) is 7.29. The monoisotopic (exact) mass is 394 g/mol. The molecule has 1 saturated heterocycles. The van der Waals surface area contributed by atoms with E-state index in [2.05, 4.69) is 46.9 Å². The number of nitrogens with zero attached hydrogens (tertiary/aromatic N) is 2. The van der Waals surface area contributed by atoms with Crippen LogP contribution in [0, 0.1) is 5.92 Å². The van der Waals surface area contributed by atoms with Crippen molar-refractivity contribution < 1.29 is 4.74 Å². The predicted octanol–water partition coefficient (Wildman–Crippen LogP) is 3.72. The van der Waals surface area contributed by atoms with Crippen molar-refractivity contribution in [2.45, 2.75) is 52.5 Å². The summed E-state index contributed by atoms with van der Waals surface area (Å²) in [4.78, 5) is 8.90. The van der Waals surface area contributed by atoms with E-state index in [0.29, 0.717) is 5.92 Å². The zero-order chi connectivity index (χ0) is 19.2. The maximum atomic E-state index is 5.62. The summed E-state index contributed by atoms with van der Waals surface area (Å²) in [5.74, 6) is 1.60. The second kappa shape index (κ2) is 14.0. The van der Waals surface area contributed by atoms with Gasteiger partial charge in [0.25, 0.3) is 0 Å². The first-order valence-corrected chi connectivity index (χ1v) is 11.5. The Morgan fingerprint density at radius 2 is 2.19 bits per heavy atom. The number of ether oxygens (including phenoxy) is 1. The number of unbranched alkanes of at least 4 members (excludes halogenated alkanes) is 1. The van der Waals surface area contributed by atoms with Gasteiger partial charge in [-0.2, -0.15) is 0 Å². The summed E-state index contributed by atoms with van der Waals surface area (Å²) in [6, 6.07) is 4.39. The van der Waals surface area contributed by atoms with Crippen LogP contribution in [0.25, 0.3) is 0 Å². The van der Waals surface area contributed by atoms with E-state index in [0.717, 1.165) is 64.7 Å². The van der Waals surface area contributed by atoms with E-state index in [-0.39, 0.29) is 0 Å². The van der Waals surface area contributed by atoms with E-state index in [9.17, 15) is 0 Å². The number of hydrogen-bond donors (Lipinski definition) is 2. The van der Waals surface area contributed by atoms with Gasteiger partial charge in [-0.25, -0.2) is 0 Å². The third-order valence-corrected chi connectivity index (χ3v) is 5.68. The summed E-state index contributed by atoms with van der Waals surface area (Å²) in [7, 11) is 0. The number of likely N-dealkylation sites (tertiary alicyclic amines) is 1. The minimum absolute atomic E-state index is 0.659. The Bertz CT molecular complexity index is 506. The molecule has 1 aliphatic heterocycles. The Hall–Kier alpha value is -1.11. The van der Waals surface area contributed by atoms with Crippen molar-refractivity contribution in [2.75, 3.05) is 45.9 Å². The third-order valence-electron chi connectivity index (χ3n) is 4.81. The molecule has 0 aromatic carbocycles. The Morgan fingerprint density at radius 3 is 2.96 bits per heavy atom. The lowest BCUT2D eigenvalue weighted by Gasteiger charge is -2.31. The molecule has 2 rings (SSSR count). The number of piperidine rings is 1. The van der Waals surface area contributed by atoms with Crippen LogP contribution in [0.4, 0.5) is 0 Å². The van der Waals surface area contributed by atoms with E-state index in [1.807, 2.05) is 11.3 Å². The number of guanidine groups is 1. The van der Waals surface area contributed by atoms with E-state index in [1.54, 1.807) is 0 Å². The van der Waals surface area contributed by atoms with Gasteiger partial charge >= 0.3 is 0 Å². The van der Waals surface area contributed by atoms with Gasteiger partial charge in [-0.3, -0.25) is 9.89 Å². The van der Waals surface area contributed by atoms with Crippen molar-refractivity contribution in [2.24, 2.45) is 10.9 Å². The lowest BCUT2D eigenvalue weighted by atomic mass is 9.98. The van der Waals surface area contributed by atoms with Gasteiger partial charge in [0.15, 0.2) is 5.96 Å². The summed E-state index contributed by atoms with van der Waals surface area (Å²) in [5, 5.41) is 8.98. The minimum Gasteiger partial charge on any atom is -0.381 e. The standard InChI is InChI=1S/C21H38N4OS/c1-3-5-13-26-14-8-11-23-21(22-4-2)24-16-19-9-6-12-25(17-19)18-20-10-7-15-27-20/h7,10,15,19H,3-6,8-9,11-14,16-18H2,1-2H3,(H2,22,23,24). The van der Waals surface area contributed by atoms with Gasteiger partial charge in [0.1, 0.15) is 0 Å². The number of rotatable bonds is 12. The van der Waals surface area contributed by atoms with E-state index < -0.39 is 0 Å². The topological polar surface area (TPSA) is 48.9 Å². The fourth-order valence-electron chi connectivity index (χ4n) is 3.36. The fourth-order valence-corrected chi connectivity index (χ4v) is 4.10. The molecule has 6 heteroatoms. The molecule has 0 aliphatic carbocycles. The Kier molecular flexibility index (Phi) is 11.5. The van der Waals surface area contributed by atoms with Crippen LogP contribution in [0.5, 0.6) is 0 Å². The molecule has 0 spiro atoms. The van der Waals surface area contributed by atoms with Crippen molar-refractivity contribution in [1.82, 2.24) is 15.5 Å². The molecule has 27 heavy (non-hydrogen) atoms. The van der Waals surface area contributed by atoms with Crippen LogP contribution in [0.15, 0.2) is 22.5 Å². The van der Waals surface area contributed by atoms with Crippen molar-refractivity contribution in [3.8, 4) is 0 Å². The fraction of sp³-hybridized carbons (Fsp3) is 0.762. The summed E-state index contributed by atoms with van der Waals surface area (Å²) >= 11 is 1.86. The molecule has 1 aromatic heterocycles. The van der Waals surface area contributed by atoms with Crippen LogP contribution in [-0.2, 0) is 11.3 Å². The molecule has 1 aromatic rings. The normalized spacial score (nSPS) is 18.6. The van der Waals surface area contributed by atoms with Gasteiger partial charge < -0.3 is 15.4 Å². The lowest BCUT2D eigenvalue weighted by molar-refractivity contribution is 0.129. The summed E-state index contributed by atoms with van der Waals surface area (Å²) in [6.45, 7) is 12.2. The molecule has 5 nitrogen and oxygen atoms in total. The molecule has 0 amide bonds. The summed E-state index contributed by atoms with van der Waals surface area (Å²) < 4.78 is 5.62. The van der Waals surface area contributed by atoms with Crippen LogP contribution in [0.2, 0.25) is 0 Å². The second-order valence-corrected chi connectivity index (χ2v) is 8.32. The molecule has 0 radical (unpaired) electrons.